The molecule has 0 radical (unpaired) electrons. The molecule has 0 amide bonds. The van der Waals surface area contributed by atoms with Crippen LogP contribution in [0.1, 0.15) is 41.2 Å². The van der Waals surface area contributed by atoms with E-state index in [0.29, 0.717) is 0 Å². The molecule has 5 rings (SSSR count). The van der Waals surface area contributed by atoms with Gasteiger partial charge in [0.05, 0.1) is 18.8 Å². The van der Waals surface area contributed by atoms with E-state index < -0.39 is 11.6 Å². The standard InChI is InChI=1S/C31H31NO2/c1-34-29-22-12-11-20-27(29)30(33)28-21-13-23-32(28)31(24-14-5-2-6-15-24,25-16-7-3-8-17-25)26-18-9-4-10-19-26/h2-12,14-20,22,28,30,33H,13,21,23H2,1H3/t28-,30?/m0/s1. The molecule has 1 saturated heterocycles. The molecule has 4 aromatic carbocycles. The Hall–Kier alpha value is -3.40. The average molecular weight is 450 g/mol. The normalized spacial score (nSPS) is 17.4. The minimum atomic E-state index is -0.672. The van der Waals surface area contributed by atoms with E-state index in [1.165, 1.54) is 16.7 Å². The van der Waals surface area contributed by atoms with Crippen LogP contribution in [0.5, 0.6) is 5.75 Å². The number of hydrogen-bond acceptors (Lipinski definition) is 3. The molecule has 1 fully saturated rings. The highest BCUT2D eigenvalue weighted by Gasteiger charge is 2.48. The molecule has 1 aliphatic rings. The van der Waals surface area contributed by atoms with Gasteiger partial charge in [-0.3, -0.25) is 4.90 Å². The summed E-state index contributed by atoms with van der Waals surface area (Å²) < 4.78 is 5.62. The Labute approximate surface area is 202 Å². The molecule has 3 nitrogen and oxygen atoms in total. The maximum absolute atomic E-state index is 11.8. The lowest BCUT2D eigenvalue weighted by atomic mass is 9.74. The van der Waals surface area contributed by atoms with Crippen LogP contribution in [0, 0.1) is 0 Å². The van der Waals surface area contributed by atoms with Gasteiger partial charge in [-0.1, -0.05) is 109 Å². The minimum Gasteiger partial charge on any atom is -0.496 e. The van der Waals surface area contributed by atoms with Gasteiger partial charge in [-0.2, -0.15) is 0 Å². The molecule has 0 saturated carbocycles. The number of aliphatic hydroxyl groups is 1. The van der Waals surface area contributed by atoms with Crippen LogP contribution < -0.4 is 4.74 Å². The first-order chi connectivity index (χ1) is 16.8. The van der Waals surface area contributed by atoms with Gasteiger partial charge in [0.2, 0.25) is 0 Å². The highest BCUT2D eigenvalue weighted by atomic mass is 16.5. The van der Waals surface area contributed by atoms with Crippen molar-refractivity contribution in [3.05, 3.63) is 138 Å². The number of ether oxygens (including phenoxy) is 1. The molecule has 1 N–H and O–H groups in total. The Morgan fingerprint density at radius 2 is 1.21 bits per heavy atom. The van der Waals surface area contributed by atoms with Crippen LogP contribution in [0.25, 0.3) is 0 Å². The molecule has 1 heterocycles. The summed E-state index contributed by atoms with van der Waals surface area (Å²) in [5.74, 6) is 0.728. The lowest BCUT2D eigenvalue weighted by molar-refractivity contribution is 0.0313. The number of nitrogens with zero attached hydrogens (tertiary/aromatic N) is 1. The van der Waals surface area contributed by atoms with Gasteiger partial charge in [-0.15, -0.1) is 0 Å². The number of hydrogen-bond donors (Lipinski definition) is 1. The average Bonchev–Trinajstić information content (AvgIpc) is 3.41. The first-order valence-electron chi connectivity index (χ1n) is 12.0. The van der Waals surface area contributed by atoms with E-state index >= 15 is 0 Å². The number of para-hydroxylation sites is 1. The van der Waals surface area contributed by atoms with E-state index in [9.17, 15) is 5.11 Å². The lowest BCUT2D eigenvalue weighted by Gasteiger charge is -2.47. The number of rotatable bonds is 7. The highest BCUT2D eigenvalue weighted by Crippen LogP contribution is 2.48. The van der Waals surface area contributed by atoms with Gasteiger partial charge in [0, 0.05) is 18.2 Å². The first-order valence-corrected chi connectivity index (χ1v) is 12.0. The summed E-state index contributed by atoms with van der Waals surface area (Å²) in [5.41, 5.74) is 3.91. The van der Waals surface area contributed by atoms with Gasteiger partial charge >= 0.3 is 0 Å². The predicted octanol–water partition coefficient (Wildman–Crippen LogP) is 6.19. The SMILES string of the molecule is COc1ccccc1C(O)[C@@H]1CCCN1C(c1ccccc1)(c1ccccc1)c1ccccc1. The fourth-order valence-corrected chi connectivity index (χ4v) is 5.69. The van der Waals surface area contributed by atoms with Gasteiger partial charge in [0.1, 0.15) is 5.75 Å². The molecule has 4 aromatic rings. The zero-order valence-electron chi connectivity index (χ0n) is 19.5. The van der Waals surface area contributed by atoms with Crippen LogP contribution in [-0.4, -0.2) is 29.7 Å². The highest BCUT2D eigenvalue weighted by molar-refractivity contribution is 5.50. The molecule has 34 heavy (non-hydrogen) atoms. The van der Waals surface area contributed by atoms with Crippen LogP contribution in [0.4, 0.5) is 0 Å². The molecule has 0 spiro atoms. The molecular weight excluding hydrogens is 418 g/mol. The van der Waals surface area contributed by atoms with Crippen molar-refractivity contribution in [2.45, 2.75) is 30.5 Å². The van der Waals surface area contributed by atoms with E-state index in [0.717, 1.165) is 30.7 Å². The molecule has 1 aliphatic heterocycles. The molecular formula is C31H31NO2. The summed E-state index contributed by atoms with van der Waals surface area (Å²) in [6, 6.07) is 39.9. The Morgan fingerprint density at radius 1 is 0.735 bits per heavy atom. The molecule has 0 aromatic heterocycles. The molecule has 2 atom stereocenters. The quantitative estimate of drug-likeness (QED) is 0.342. The van der Waals surface area contributed by atoms with Crippen LogP contribution in [0.2, 0.25) is 0 Å². The zero-order valence-corrected chi connectivity index (χ0v) is 19.5. The number of methoxy groups -OCH3 is 1. The molecule has 0 aliphatic carbocycles. The van der Waals surface area contributed by atoms with Crippen molar-refractivity contribution in [3.8, 4) is 5.75 Å². The number of likely N-dealkylation sites (tertiary alicyclic amines) is 1. The third-order valence-electron chi connectivity index (χ3n) is 7.13. The fourth-order valence-electron chi connectivity index (χ4n) is 5.69. The summed E-state index contributed by atoms with van der Waals surface area (Å²) in [6.45, 7) is 0.884. The van der Waals surface area contributed by atoms with Crippen molar-refractivity contribution in [2.75, 3.05) is 13.7 Å². The Bertz CT molecular complexity index is 1100. The van der Waals surface area contributed by atoms with Crippen molar-refractivity contribution < 1.29 is 9.84 Å². The second kappa shape index (κ2) is 9.84. The summed E-state index contributed by atoms with van der Waals surface area (Å²) >= 11 is 0. The topological polar surface area (TPSA) is 32.7 Å². The third-order valence-corrected chi connectivity index (χ3v) is 7.13. The monoisotopic (exact) mass is 449 g/mol. The minimum absolute atomic E-state index is 0.0723. The Kier molecular flexibility index (Phi) is 6.48. The summed E-state index contributed by atoms with van der Waals surface area (Å²) in [4.78, 5) is 2.52. The van der Waals surface area contributed by atoms with Crippen LogP contribution >= 0.6 is 0 Å². The maximum Gasteiger partial charge on any atom is 0.124 e. The van der Waals surface area contributed by atoms with Crippen molar-refractivity contribution in [1.29, 1.82) is 0 Å². The largest absolute Gasteiger partial charge is 0.496 e. The van der Waals surface area contributed by atoms with E-state index in [1.54, 1.807) is 7.11 Å². The second-order valence-corrected chi connectivity index (χ2v) is 8.90. The van der Waals surface area contributed by atoms with Gasteiger partial charge in [-0.05, 0) is 35.6 Å². The van der Waals surface area contributed by atoms with Gasteiger partial charge in [0.15, 0.2) is 0 Å². The van der Waals surface area contributed by atoms with Crippen LogP contribution in [0.3, 0.4) is 0 Å². The first kappa shape index (κ1) is 22.4. The molecule has 0 bridgehead atoms. The predicted molar refractivity (Wildman–Crippen MR) is 137 cm³/mol. The smallest absolute Gasteiger partial charge is 0.124 e. The van der Waals surface area contributed by atoms with Gasteiger partial charge in [0.25, 0.3) is 0 Å². The Morgan fingerprint density at radius 3 is 1.71 bits per heavy atom. The van der Waals surface area contributed by atoms with Crippen molar-refractivity contribution in [1.82, 2.24) is 4.90 Å². The summed E-state index contributed by atoms with van der Waals surface area (Å²) in [6.07, 6.45) is 1.26. The van der Waals surface area contributed by atoms with Gasteiger partial charge in [-0.25, -0.2) is 0 Å². The number of aliphatic hydroxyl groups excluding tert-OH is 1. The molecule has 172 valence electrons. The molecule has 1 unspecified atom stereocenters. The van der Waals surface area contributed by atoms with Crippen molar-refractivity contribution >= 4 is 0 Å². The second-order valence-electron chi connectivity index (χ2n) is 8.90. The number of benzene rings is 4. The van der Waals surface area contributed by atoms with Crippen LogP contribution in [-0.2, 0) is 5.54 Å². The van der Waals surface area contributed by atoms with Crippen molar-refractivity contribution in [3.63, 3.8) is 0 Å². The van der Waals surface area contributed by atoms with E-state index in [2.05, 4.69) is 95.9 Å². The van der Waals surface area contributed by atoms with Gasteiger partial charge < -0.3 is 9.84 Å². The maximum atomic E-state index is 11.8. The summed E-state index contributed by atoms with van der Waals surface area (Å²) in [5, 5.41) is 11.8. The van der Waals surface area contributed by atoms with Crippen molar-refractivity contribution in [2.24, 2.45) is 0 Å². The summed E-state index contributed by atoms with van der Waals surface area (Å²) in [7, 11) is 1.67. The van der Waals surface area contributed by atoms with E-state index in [4.69, 9.17) is 4.74 Å². The zero-order chi connectivity index (χ0) is 23.4. The van der Waals surface area contributed by atoms with Crippen LogP contribution in [0.15, 0.2) is 115 Å². The lowest BCUT2D eigenvalue weighted by Crippen LogP contribution is -2.52. The molecule has 3 heteroatoms. The fraction of sp³-hybridized carbons (Fsp3) is 0.226. The third kappa shape index (κ3) is 3.81. The van der Waals surface area contributed by atoms with E-state index in [1.807, 2.05) is 24.3 Å². The van der Waals surface area contributed by atoms with E-state index in [-0.39, 0.29) is 6.04 Å². The Balaban J connectivity index is 1.73.